The first-order valence-electron chi connectivity index (χ1n) is 7.16. The highest BCUT2D eigenvalue weighted by Crippen LogP contribution is 2.17. The molecule has 1 saturated heterocycles. The third-order valence-electron chi connectivity index (χ3n) is 3.91. The maximum absolute atomic E-state index is 11.8. The molecule has 1 aromatic carbocycles. The zero-order valence-corrected chi connectivity index (χ0v) is 12.4. The molecule has 5 nitrogen and oxygen atoms in total. The lowest BCUT2D eigenvalue weighted by Gasteiger charge is -2.30. The van der Waals surface area contributed by atoms with Crippen LogP contribution >= 0.6 is 0 Å². The quantitative estimate of drug-likeness (QED) is 0.655. The highest BCUT2D eigenvalue weighted by molar-refractivity contribution is 6.00. The third-order valence-corrected chi connectivity index (χ3v) is 3.91. The van der Waals surface area contributed by atoms with Crippen molar-refractivity contribution >= 4 is 18.1 Å². The maximum atomic E-state index is 11.8. The molecule has 1 unspecified atom stereocenters. The molecule has 0 aliphatic carbocycles. The van der Waals surface area contributed by atoms with E-state index in [1.54, 1.807) is 0 Å². The molecule has 0 bridgehead atoms. The van der Waals surface area contributed by atoms with E-state index in [1.807, 2.05) is 37.1 Å². The molecule has 1 fully saturated rings. The molecule has 0 aromatic heterocycles. The number of piperidine rings is 1. The number of likely N-dealkylation sites (N-methyl/N-ethyl adjacent to an activating group) is 1. The largest absolute Gasteiger partial charge is 0.298 e. The van der Waals surface area contributed by atoms with Crippen molar-refractivity contribution in [1.29, 1.82) is 0 Å². The second-order valence-electron chi connectivity index (χ2n) is 5.39. The number of carbonyl (C=O) groups is 3. The molecule has 21 heavy (non-hydrogen) atoms. The molecule has 112 valence electrons. The molecule has 2 amide bonds. The van der Waals surface area contributed by atoms with Gasteiger partial charge in [0, 0.05) is 18.5 Å². The standard InChI is InChI=1S/C16H20N2O3/c1-3-11-4-5-12(13(8-11)10-19)9-18(2)14-6-7-15(20)17-16(14)21/h4-5,8,10,14H,3,6-7,9H2,1-2H3,(H,17,20,21). The second kappa shape index (κ2) is 6.63. The monoisotopic (exact) mass is 288 g/mol. The highest BCUT2D eigenvalue weighted by atomic mass is 16.2. The van der Waals surface area contributed by atoms with Gasteiger partial charge in [0.25, 0.3) is 0 Å². The Morgan fingerprint density at radius 1 is 1.38 bits per heavy atom. The number of carbonyl (C=O) groups excluding carboxylic acids is 3. The number of hydrogen-bond acceptors (Lipinski definition) is 4. The molecule has 1 N–H and O–H groups in total. The van der Waals surface area contributed by atoms with Crippen LogP contribution in [0.3, 0.4) is 0 Å². The van der Waals surface area contributed by atoms with Crippen LogP contribution in [0.15, 0.2) is 18.2 Å². The van der Waals surface area contributed by atoms with Crippen molar-refractivity contribution in [2.75, 3.05) is 7.05 Å². The van der Waals surface area contributed by atoms with Gasteiger partial charge in [-0.2, -0.15) is 0 Å². The van der Waals surface area contributed by atoms with Gasteiger partial charge >= 0.3 is 0 Å². The highest BCUT2D eigenvalue weighted by Gasteiger charge is 2.29. The SMILES string of the molecule is CCc1ccc(CN(C)C2CCC(=O)NC2=O)c(C=O)c1. The number of rotatable bonds is 5. The fraction of sp³-hybridized carbons (Fsp3) is 0.438. The molecule has 0 spiro atoms. The van der Waals surface area contributed by atoms with Crippen molar-refractivity contribution < 1.29 is 14.4 Å². The molecule has 1 atom stereocenters. The average Bonchev–Trinajstić information content (AvgIpc) is 2.47. The normalized spacial score (nSPS) is 18.7. The molecule has 1 aliphatic rings. The fourth-order valence-corrected chi connectivity index (χ4v) is 2.60. The molecular weight excluding hydrogens is 268 g/mol. The van der Waals surface area contributed by atoms with Crippen LogP contribution in [0.5, 0.6) is 0 Å². The van der Waals surface area contributed by atoms with Gasteiger partial charge in [-0.15, -0.1) is 0 Å². The summed E-state index contributed by atoms with van der Waals surface area (Å²) in [6.07, 6.45) is 2.61. The summed E-state index contributed by atoms with van der Waals surface area (Å²) in [6.45, 7) is 2.55. The van der Waals surface area contributed by atoms with E-state index in [9.17, 15) is 14.4 Å². The summed E-state index contributed by atoms with van der Waals surface area (Å²) in [4.78, 5) is 36.1. The Morgan fingerprint density at radius 2 is 2.14 bits per heavy atom. The predicted molar refractivity (Wildman–Crippen MR) is 78.8 cm³/mol. The summed E-state index contributed by atoms with van der Waals surface area (Å²) in [7, 11) is 1.84. The summed E-state index contributed by atoms with van der Waals surface area (Å²) in [5.74, 6) is -0.475. The van der Waals surface area contributed by atoms with E-state index in [1.165, 1.54) is 0 Å². The van der Waals surface area contributed by atoms with Gasteiger partial charge in [0.05, 0.1) is 6.04 Å². The number of benzene rings is 1. The van der Waals surface area contributed by atoms with Crippen LogP contribution < -0.4 is 5.32 Å². The van der Waals surface area contributed by atoms with E-state index in [2.05, 4.69) is 5.32 Å². The Labute approximate surface area is 124 Å². The van der Waals surface area contributed by atoms with Gasteiger partial charge in [-0.1, -0.05) is 19.1 Å². The second-order valence-corrected chi connectivity index (χ2v) is 5.39. The Balaban J connectivity index is 2.12. The van der Waals surface area contributed by atoms with Crippen LogP contribution in [0.25, 0.3) is 0 Å². The molecule has 0 radical (unpaired) electrons. The number of aldehydes is 1. The van der Waals surface area contributed by atoms with Gasteiger partial charge in [0.1, 0.15) is 6.29 Å². The first-order valence-corrected chi connectivity index (χ1v) is 7.16. The van der Waals surface area contributed by atoms with Gasteiger partial charge in [0.2, 0.25) is 11.8 Å². The van der Waals surface area contributed by atoms with E-state index in [4.69, 9.17) is 0 Å². The fourth-order valence-electron chi connectivity index (χ4n) is 2.60. The van der Waals surface area contributed by atoms with Crippen LogP contribution in [-0.4, -0.2) is 36.1 Å². The maximum Gasteiger partial charge on any atom is 0.243 e. The average molecular weight is 288 g/mol. The van der Waals surface area contributed by atoms with Crippen LogP contribution in [0, 0.1) is 0 Å². The number of hydrogen-bond donors (Lipinski definition) is 1. The van der Waals surface area contributed by atoms with Crippen LogP contribution in [-0.2, 0) is 22.6 Å². The van der Waals surface area contributed by atoms with Gasteiger partial charge in [-0.25, -0.2) is 0 Å². The number of amides is 2. The van der Waals surface area contributed by atoms with Crippen LogP contribution in [0.1, 0.15) is 41.3 Å². The van der Waals surface area contributed by atoms with Crippen molar-refractivity contribution in [1.82, 2.24) is 10.2 Å². The third kappa shape index (κ3) is 3.55. The number of imide groups is 1. The van der Waals surface area contributed by atoms with Crippen molar-refractivity contribution in [2.24, 2.45) is 0 Å². The zero-order valence-electron chi connectivity index (χ0n) is 12.4. The lowest BCUT2D eigenvalue weighted by Crippen LogP contribution is -2.51. The van der Waals surface area contributed by atoms with Gasteiger partial charge in [0.15, 0.2) is 0 Å². The summed E-state index contributed by atoms with van der Waals surface area (Å²) < 4.78 is 0. The van der Waals surface area contributed by atoms with Gasteiger partial charge in [-0.05, 0) is 37.1 Å². The van der Waals surface area contributed by atoms with Crippen LogP contribution in [0.4, 0.5) is 0 Å². The summed E-state index contributed by atoms with van der Waals surface area (Å²) in [6, 6.07) is 5.50. The summed E-state index contributed by atoms with van der Waals surface area (Å²) >= 11 is 0. The Morgan fingerprint density at radius 3 is 2.76 bits per heavy atom. The molecular formula is C16H20N2O3. The first-order chi connectivity index (χ1) is 10.0. The molecule has 1 aliphatic heterocycles. The molecule has 1 aromatic rings. The lowest BCUT2D eigenvalue weighted by atomic mass is 10.0. The van der Waals surface area contributed by atoms with Gasteiger partial charge in [-0.3, -0.25) is 24.6 Å². The Hall–Kier alpha value is -2.01. The minimum absolute atomic E-state index is 0.217. The number of nitrogens with one attached hydrogen (secondary N) is 1. The van der Waals surface area contributed by atoms with E-state index in [-0.39, 0.29) is 17.9 Å². The molecule has 5 heteroatoms. The first kappa shape index (κ1) is 15.4. The van der Waals surface area contributed by atoms with Gasteiger partial charge < -0.3 is 0 Å². The van der Waals surface area contributed by atoms with Crippen LogP contribution in [0.2, 0.25) is 0 Å². The summed E-state index contributed by atoms with van der Waals surface area (Å²) in [5.41, 5.74) is 2.67. The summed E-state index contributed by atoms with van der Waals surface area (Å²) in [5, 5.41) is 2.35. The van der Waals surface area contributed by atoms with Crippen molar-refractivity contribution in [3.8, 4) is 0 Å². The minimum Gasteiger partial charge on any atom is -0.298 e. The topological polar surface area (TPSA) is 66.5 Å². The molecule has 2 rings (SSSR count). The lowest BCUT2D eigenvalue weighted by molar-refractivity contribution is -0.137. The number of nitrogens with zero attached hydrogens (tertiary/aromatic N) is 1. The van der Waals surface area contributed by atoms with E-state index in [0.717, 1.165) is 23.8 Å². The van der Waals surface area contributed by atoms with E-state index >= 15 is 0 Å². The van der Waals surface area contributed by atoms with Crippen molar-refractivity contribution in [3.63, 3.8) is 0 Å². The van der Waals surface area contributed by atoms with Crippen molar-refractivity contribution in [3.05, 3.63) is 34.9 Å². The Bertz CT molecular complexity index is 569. The predicted octanol–water partition coefficient (Wildman–Crippen LogP) is 1.30. The zero-order chi connectivity index (χ0) is 15.4. The molecule has 1 heterocycles. The smallest absolute Gasteiger partial charge is 0.243 e. The minimum atomic E-state index is -0.326. The van der Waals surface area contributed by atoms with E-state index in [0.29, 0.717) is 24.9 Å². The van der Waals surface area contributed by atoms with E-state index < -0.39 is 0 Å². The van der Waals surface area contributed by atoms with Crippen molar-refractivity contribution in [2.45, 2.75) is 38.8 Å². The molecule has 0 saturated carbocycles. The Kier molecular flexibility index (Phi) is 4.85. The number of aryl methyl sites for hydroxylation is 1.